The Hall–Kier alpha value is -1.46. The molecule has 0 aliphatic heterocycles. The lowest BCUT2D eigenvalue weighted by molar-refractivity contribution is 0.0953. The van der Waals surface area contributed by atoms with Crippen LogP contribution in [0.5, 0.6) is 11.5 Å². The largest absolute Gasteiger partial charge is 0.490 e. The van der Waals surface area contributed by atoms with E-state index in [0.717, 1.165) is 19.4 Å². The van der Waals surface area contributed by atoms with Crippen molar-refractivity contribution in [2.24, 2.45) is 0 Å². The fourth-order valence-corrected chi connectivity index (χ4v) is 1.71. The van der Waals surface area contributed by atoms with Gasteiger partial charge in [-0.1, -0.05) is 13.8 Å². The molecule has 0 aliphatic carbocycles. The van der Waals surface area contributed by atoms with Crippen LogP contribution in [0.1, 0.15) is 37.0 Å². The number of hydrogen-bond donors (Lipinski definition) is 2. The van der Waals surface area contributed by atoms with E-state index in [1.165, 1.54) is 0 Å². The second kappa shape index (κ2) is 12.1. The van der Waals surface area contributed by atoms with Gasteiger partial charge in [0.05, 0.1) is 13.2 Å². The van der Waals surface area contributed by atoms with Crippen LogP contribution < -0.4 is 20.1 Å². The van der Waals surface area contributed by atoms with Crippen LogP contribution in [0.3, 0.4) is 0 Å². The molecule has 0 bridgehead atoms. The number of hydrogen-bond acceptors (Lipinski definition) is 4. The summed E-state index contributed by atoms with van der Waals surface area (Å²) in [7, 11) is 1.85. The summed E-state index contributed by atoms with van der Waals surface area (Å²) >= 11 is 0. The molecule has 0 aliphatic rings. The first kappa shape index (κ1) is 20.5. The first-order valence-electron chi connectivity index (χ1n) is 7.55. The predicted octanol–water partition coefficient (Wildman–Crippen LogP) is 2.64. The lowest BCUT2D eigenvalue weighted by Gasteiger charge is -2.13. The van der Waals surface area contributed by atoms with Gasteiger partial charge in [-0.15, -0.1) is 12.4 Å². The van der Waals surface area contributed by atoms with Crippen LogP contribution in [-0.4, -0.2) is 39.3 Å². The van der Waals surface area contributed by atoms with Crippen LogP contribution in [0, 0.1) is 0 Å². The highest BCUT2D eigenvalue weighted by Crippen LogP contribution is 2.28. The second-order valence-corrected chi connectivity index (χ2v) is 4.72. The smallest absolute Gasteiger partial charge is 0.251 e. The predicted molar refractivity (Wildman–Crippen MR) is 91.5 cm³/mol. The van der Waals surface area contributed by atoms with Gasteiger partial charge in [0.1, 0.15) is 0 Å². The summed E-state index contributed by atoms with van der Waals surface area (Å²) in [5, 5.41) is 5.83. The molecule has 1 amide bonds. The van der Waals surface area contributed by atoms with E-state index in [1.807, 2.05) is 14.0 Å². The van der Waals surface area contributed by atoms with E-state index in [9.17, 15) is 4.79 Å². The van der Waals surface area contributed by atoms with Gasteiger partial charge < -0.3 is 20.1 Å². The maximum absolute atomic E-state index is 12.0. The number of halogens is 1. The quantitative estimate of drug-likeness (QED) is 0.647. The lowest BCUT2D eigenvalue weighted by Crippen LogP contribution is -2.30. The van der Waals surface area contributed by atoms with Crippen molar-refractivity contribution >= 4 is 18.3 Å². The van der Waals surface area contributed by atoms with Gasteiger partial charge >= 0.3 is 0 Å². The van der Waals surface area contributed by atoms with Gasteiger partial charge in [0.15, 0.2) is 11.5 Å². The molecule has 126 valence electrons. The van der Waals surface area contributed by atoms with E-state index in [4.69, 9.17) is 9.47 Å². The average Bonchev–Trinajstić information content (AvgIpc) is 2.51. The Kier molecular flexibility index (Phi) is 11.3. The van der Waals surface area contributed by atoms with Gasteiger partial charge in [0.2, 0.25) is 0 Å². The summed E-state index contributed by atoms with van der Waals surface area (Å²) in [4.78, 5) is 12.0. The number of ether oxygens (including phenoxy) is 2. The first-order valence-corrected chi connectivity index (χ1v) is 7.55. The van der Waals surface area contributed by atoms with Gasteiger partial charge in [0.25, 0.3) is 5.91 Å². The fourth-order valence-electron chi connectivity index (χ4n) is 1.71. The fraction of sp³-hybridized carbons (Fsp3) is 0.562. The number of amides is 1. The van der Waals surface area contributed by atoms with Crippen LogP contribution in [0.4, 0.5) is 0 Å². The Morgan fingerprint density at radius 1 is 1.05 bits per heavy atom. The molecular weight excluding hydrogens is 304 g/mol. The zero-order valence-electron chi connectivity index (χ0n) is 13.6. The Morgan fingerprint density at radius 3 is 2.27 bits per heavy atom. The summed E-state index contributed by atoms with van der Waals surface area (Å²) < 4.78 is 11.3. The van der Waals surface area contributed by atoms with Gasteiger partial charge in [-0.3, -0.25) is 4.79 Å². The Labute approximate surface area is 139 Å². The van der Waals surface area contributed by atoms with E-state index in [1.54, 1.807) is 18.2 Å². The molecular formula is C16H27ClN2O3. The van der Waals surface area contributed by atoms with Crippen molar-refractivity contribution in [3.8, 4) is 11.5 Å². The molecule has 6 heteroatoms. The van der Waals surface area contributed by atoms with Crippen molar-refractivity contribution in [2.75, 3.05) is 33.4 Å². The van der Waals surface area contributed by atoms with Crippen molar-refractivity contribution < 1.29 is 14.3 Å². The monoisotopic (exact) mass is 330 g/mol. The molecule has 0 aromatic heterocycles. The van der Waals surface area contributed by atoms with Gasteiger partial charge in [-0.2, -0.15) is 0 Å². The Morgan fingerprint density at radius 2 is 1.68 bits per heavy atom. The second-order valence-electron chi connectivity index (χ2n) is 4.72. The third-order valence-electron chi connectivity index (χ3n) is 2.79. The van der Waals surface area contributed by atoms with Crippen molar-refractivity contribution in [2.45, 2.75) is 26.7 Å². The minimum atomic E-state index is -0.103. The molecule has 0 heterocycles. The first-order chi connectivity index (χ1) is 10.2. The maximum Gasteiger partial charge on any atom is 0.251 e. The lowest BCUT2D eigenvalue weighted by atomic mass is 10.2. The van der Waals surface area contributed by atoms with E-state index in [-0.39, 0.29) is 18.3 Å². The molecule has 1 aromatic rings. The summed E-state index contributed by atoms with van der Waals surface area (Å²) in [6, 6.07) is 5.31. The highest BCUT2D eigenvalue weighted by molar-refractivity contribution is 5.94. The molecule has 5 nitrogen and oxygen atoms in total. The molecule has 0 saturated carbocycles. The molecule has 0 atom stereocenters. The van der Waals surface area contributed by atoms with Crippen LogP contribution in [0.2, 0.25) is 0 Å². The number of carbonyl (C=O) groups is 1. The Bertz CT molecular complexity index is 441. The SMILES string of the molecule is CCCOc1ccc(C(=O)NCCNC)cc1OCCC.Cl. The van der Waals surface area contributed by atoms with Crippen molar-refractivity contribution in [1.29, 1.82) is 0 Å². The number of carbonyl (C=O) groups excluding carboxylic acids is 1. The summed E-state index contributed by atoms with van der Waals surface area (Å²) in [6.07, 6.45) is 1.84. The van der Waals surface area contributed by atoms with Crippen molar-refractivity contribution in [3.05, 3.63) is 23.8 Å². The molecule has 0 spiro atoms. The van der Waals surface area contributed by atoms with E-state index in [2.05, 4.69) is 17.6 Å². The van der Waals surface area contributed by atoms with Crippen LogP contribution >= 0.6 is 12.4 Å². The summed E-state index contributed by atoms with van der Waals surface area (Å²) in [6.45, 7) is 6.66. The van der Waals surface area contributed by atoms with E-state index in [0.29, 0.717) is 36.8 Å². The molecule has 0 radical (unpaired) electrons. The van der Waals surface area contributed by atoms with Gasteiger partial charge in [-0.05, 0) is 38.1 Å². The molecule has 0 unspecified atom stereocenters. The molecule has 1 aromatic carbocycles. The zero-order chi connectivity index (χ0) is 15.5. The summed E-state index contributed by atoms with van der Waals surface area (Å²) in [5.41, 5.74) is 0.584. The number of likely N-dealkylation sites (N-methyl/N-ethyl adjacent to an activating group) is 1. The normalized spacial score (nSPS) is 9.77. The molecule has 0 fully saturated rings. The van der Waals surface area contributed by atoms with E-state index < -0.39 is 0 Å². The zero-order valence-corrected chi connectivity index (χ0v) is 14.4. The third kappa shape index (κ3) is 7.00. The average molecular weight is 331 g/mol. The number of rotatable bonds is 10. The molecule has 0 saturated heterocycles. The van der Waals surface area contributed by atoms with Crippen molar-refractivity contribution in [3.63, 3.8) is 0 Å². The van der Waals surface area contributed by atoms with Crippen LogP contribution in [-0.2, 0) is 0 Å². The highest BCUT2D eigenvalue weighted by atomic mass is 35.5. The molecule has 22 heavy (non-hydrogen) atoms. The third-order valence-corrected chi connectivity index (χ3v) is 2.79. The van der Waals surface area contributed by atoms with Crippen LogP contribution in [0.15, 0.2) is 18.2 Å². The van der Waals surface area contributed by atoms with Crippen LogP contribution in [0.25, 0.3) is 0 Å². The summed E-state index contributed by atoms with van der Waals surface area (Å²) in [5.74, 6) is 1.22. The highest BCUT2D eigenvalue weighted by Gasteiger charge is 2.11. The Balaban J connectivity index is 0.00000441. The number of benzene rings is 1. The molecule has 1 rings (SSSR count). The van der Waals surface area contributed by atoms with Gasteiger partial charge in [-0.25, -0.2) is 0 Å². The number of nitrogens with one attached hydrogen (secondary N) is 2. The van der Waals surface area contributed by atoms with E-state index >= 15 is 0 Å². The topological polar surface area (TPSA) is 59.6 Å². The minimum Gasteiger partial charge on any atom is -0.490 e. The van der Waals surface area contributed by atoms with Crippen molar-refractivity contribution in [1.82, 2.24) is 10.6 Å². The maximum atomic E-state index is 12.0. The standard InChI is InChI=1S/C16H26N2O3.ClH/c1-4-10-20-14-7-6-13(12-15(14)21-11-5-2)16(19)18-9-8-17-3;/h6-7,12,17H,4-5,8-11H2,1-3H3,(H,18,19);1H. The molecule has 2 N–H and O–H groups in total. The van der Waals surface area contributed by atoms with Gasteiger partial charge in [0, 0.05) is 18.7 Å². The minimum absolute atomic E-state index is 0.